The van der Waals surface area contributed by atoms with Crippen LogP contribution in [0, 0.1) is 10.1 Å². The summed E-state index contributed by atoms with van der Waals surface area (Å²) >= 11 is 2.98. The average Bonchev–Trinajstić information content (AvgIpc) is 2.86. The molecule has 0 fully saturated rings. The Labute approximate surface area is 94.5 Å². The number of hydrogen-bond donors (Lipinski definition) is 0. The van der Waals surface area contributed by atoms with Gasteiger partial charge in [-0.05, 0) is 29.0 Å². The Balaban J connectivity index is 2.24. The highest BCUT2D eigenvalue weighted by Gasteiger charge is 2.11. The highest BCUT2D eigenvalue weighted by atomic mass is 32.1. The molecule has 0 atom stereocenters. The van der Waals surface area contributed by atoms with Gasteiger partial charge in [0, 0.05) is 10.9 Å². The number of hydrogen-bond acceptors (Lipinski definition) is 4. The summed E-state index contributed by atoms with van der Waals surface area (Å²) in [5.41, 5.74) is 0.174. The lowest BCUT2D eigenvalue weighted by Gasteiger charge is -1.88. The Morgan fingerprint density at radius 3 is 2.73 bits per heavy atom. The third kappa shape index (κ3) is 2.31. The van der Waals surface area contributed by atoms with Crippen molar-refractivity contribution in [2.75, 3.05) is 0 Å². The number of thiophene rings is 2. The molecule has 15 heavy (non-hydrogen) atoms. The molecule has 0 spiro atoms. The van der Waals surface area contributed by atoms with Crippen molar-refractivity contribution >= 4 is 40.5 Å². The van der Waals surface area contributed by atoms with E-state index in [9.17, 15) is 10.1 Å². The molecule has 3 nitrogen and oxygen atoms in total. The molecule has 2 rings (SSSR count). The van der Waals surface area contributed by atoms with E-state index in [1.165, 1.54) is 17.4 Å². The summed E-state index contributed by atoms with van der Waals surface area (Å²) in [6.45, 7) is 0. The van der Waals surface area contributed by atoms with Crippen molar-refractivity contribution in [3.8, 4) is 0 Å². The summed E-state index contributed by atoms with van der Waals surface area (Å²) in [7, 11) is 0. The van der Waals surface area contributed by atoms with E-state index < -0.39 is 0 Å². The van der Waals surface area contributed by atoms with Crippen LogP contribution in [0.1, 0.15) is 9.75 Å². The maximum atomic E-state index is 10.6. The maximum absolute atomic E-state index is 10.6. The van der Waals surface area contributed by atoms with Crippen molar-refractivity contribution in [2.45, 2.75) is 0 Å². The van der Waals surface area contributed by atoms with Crippen LogP contribution in [0.15, 0.2) is 29.0 Å². The van der Waals surface area contributed by atoms with E-state index in [1.807, 2.05) is 23.6 Å². The molecular weight excluding hydrogens is 230 g/mol. The zero-order valence-corrected chi connectivity index (χ0v) is 9.25. The standard InChI is InChI=1S/C10H7NO2S2/c12-11(13)9-5-7-15-10(9)4-3-8-2-1-6-14-8/h1-7H/b4-3-. The van der Waals surface area contributed by atoms with E-state index in [4.69, 9.17) is 0 Å². The lowest BCUT2D eigenvalue weighted by atomic mass is 10.3. The van der Waals surface area contributed by atoms with Crippen LogP contribution in [-0.2, 0) is 0 Å². The molecular formula is C10H7NO2S2. The second-order valence-electron chi connectivity index (χ2n) is 2.78. The summed E-state index contributed by atoms with van der Waals surface area (Å²) in [5.74, 6) is 0. The zero-order chi connectivity index (χ0) is 10.7. The molecule has 5 heteroatoms. The van der Waals surface area contributed by atoms with Gasteiger partial charge in [-0.15, -0.1) is 22.7 Å². The van der Waals surface area contributed by atoms with Crippen molar-refractivity contribution in [1.29, 1.82) is 0 Å². The van der Waals surface area contributed by atoms with E-state index in [1.54, 1.807) is 22.8 Å². The van der Waals surface area contributed by atoms with Crippen LogP contribution in [0.2, 0.25) is 0 Å². The molecule has 0 aromatic carbocycles. The van der Waals surface area contributed by atoms with Gasteiger partial charge < -0.3 is 0 Å². The van der Waals surface area contributed by atoms with Gasteiger partial charge >= 0.3 is 0 Å². The number of nitrogens with zero attached hydrogens (tertiary/aromatic N) is 1. The smallest absolute Gasteiger partial charge is 0.258 e. The van der Waals surface area contributed by atoms with Crippen molar-refractivity contribution in [1.82, 2.24) is 0 Å². The Kier molecular flexibility index (Phi) is 2.94. The summed E-state index contributed by atoms with van der Waals surface area (Å²) in [4.78, 5) is 12.1. The lowest BCUT2D eigenvalue weighted by molar-refractivity contribution is -0.384. The maximum Gasteiger partial charge on any atom is 0.287 e. The van der Waals surface area contributed by atoms with Gasteiger partial charge in [0.15, 0.2) is 0 Å². The van der Waals surface area contributed by atoms with Crippen molar-refractivity contribution < 1.29 is 4.92 Å². The average molecular weight is 237 g/mol. The second kappa shape index (κ2) is 4.37. The van der Waals surface area contributed by atoms with Gasteiger partial charge in [-0.3, -0.25) is 10.1 Å². The van der Waals surface area contributed by atoms with Crippen LogP contribution in [0.4, 0.5) is 5.69 Å². The van der Waals surface area contributed by atoms with E-state index in [0.717, 1.165) is 4.88 Å². The van der Waals surface area contributed by atoms with Gasteiger partial charge in [-0.1, -0.05) is 6.07 Å². The van der Waals surface area contributed by atoms with Gasteiger partial charge in [0.2, 0.25) is 0 Å². The highest BCUT2D eigenvalue weighted by Crippen LogP contribution is 2.26. The van der Waals surface area contributed by atoms with Gasteiger partial charge in [0.1, 0.15) is 4.88 Å². The topological polar surface area (TPSA) is 43.1 Å². The van der Waals surface area contributed by atoms with Crippen LogP contribution in [0.25, 0.3) is 12.2 Å². The molecule has 0 aliphatic rings. The molecule has 2 aromatic rings. The molecule has 0 unspecified atom stereocenters. The van der Waals surface area contributed by atoms with Gasteiger partial charge in [0.05, 0.1) is 4.92 Å². The molecule has 0 saturated heterocycles. The molecule has 0 aliphatic heterocycles. The first kappa shape index (κ1) is 10.1. The van der Waals surface area contributed by atoms with E-state index in [0.29, 0.717) is 4.88 Å². The molecule has 0 aliphatic carbocycles. The molecule has 0 N–H and O–H groups in total. The molecule has 0 radical (unpaired) electrons. The van der Waals surface area contributed by atoms with Crippen LogP contribution in [0.5, 0.6) is 0 Å². The van der Waals surface area contributed by atoms with Gasteiger partial charge in [0.25, 0.3) is 5.69 Å². The predicted molar refractivity (Wildman–Crippen MR) is 64.2 cm³/mol. The van der Waals surface area contributed by atoms with E-state index in [-0.39, 0.29) is 10.6 Å². The molecule has 0 amide bonds. The summed E-state index contributed by atoms with van der Waals surface area (Å²) in [6.07, 6.45) is 3.68. The Morgan fingerprint density at radius 1 is 1.20 bits per heavy atom. The van der Waals surface area contributed by atoms with Crippen LogP contribution < -0.4 is 0 Å². The molecule has 0 bridgehead atoms. The van der Waals surface area contributed by atoms with E-state index in [2.05, 4.69) is 0 Å². The third-order valence-electron chi connectivity index (χ3n) is 1.81. The fourth-order valence-electron chi connectivity index (χ4n) is 1.13. The van der Waals surface area contributed by atoms with Crippen LogP contribution >= 0.6 is 22.7 Å². The second-order valence-corrected chi connectivity index (χ2v) is 4.70. The van der Waals surface area contributed by atoms with Crippen LogP contribution in [-0.4, -0.2) is 4.92 Å². The lowest BCUT2D eigenvalue weighted by Crippen LogP contribution is -1.85. The molecule has 0 saturated carbocycles. The monoisotopic (exact) mass is 237 g/mol. The van der Waals surface area contributed by atoms with Crippen LogP contribution in [0.3, 0.4) is 0 Å². The van der Waals surface area contributed by atoms with Crippen molar-refractivity contribution in [3.63, 3.8) is 0 Å². The predicted octanol–water partition coefficient (Wildman–Crippen LogP) is 3.89. The SMILES string of the molecule is O=[N+]([O-])c1ccsc1/C=C\c1cccs1. The summed E-state index contributed by atoms with van der Waals surface area (Å²) < 4.78 is 0. The minimum atomic E-state index is -0.357. The fraction of sp³-hybridized carbons (Fsp3) is 0. The van der Waals surface area contributed by atoms with Crippen molar-refractivity contribution in [2.24, 2.45) is 0 Å². The fourth-order valence-corrected chi connectivity index (χ4v) is 2.51. The first-order valence-corrected chi connectivity index (χ1v) is 5.97. The molecule has 2 aromatic heterocycles. The van der Waals surface area contributed by atoms with E-state index >= 15 is 0 Å². The highest BCUT2D eigenvalue weighted by molar-refractivity contribution is 7.12. The minimum absolute atomic E-state index is 0.174. The molecule has 2 heterocycles. The van der Waals surface area contributed by atoms with Crippen molar-refractivity contribution in [3.05, 3.63) is 48.8 Å². The largest absolute Gasteiger partial charge is 0.287 e. The first-order chi connectivity index (χ1) is 7.27. The normalized spacial score (nSPS) is 10.9. The Hall–Kier alpha value is -1.46. The summed E-state index contributed by atoms with van der Waals surface area (Å²) in [6, 6.07) is 5.45. The van der Waals surface area contributed by atoms with Gasteiger partial charge in [-0.2, -0.15) is 0 Å². The zero-order valence-electron chi connectivity index (χ0n) is 7.62. The number of rotatable bonds is 3. The quantitative estimate of drug-likeness (QED) is 0.600. The Morgan fingerprint density at radius 2 is 2.07 bits per heavy atom. The Bertz CT molecular complexity index is 485. The first-order valence-electron chi connectivity index (χ1n) is 4.21. The molecule has 76 valence electrons. The number of nitro groups is 1. The summed E-state index contributed by atoms with van der Waals surface area (Å²) in [5, 5.41) is 14.3. The minimum Gasteiger partial charge on any atom is -0.258 e. The van der Waals surface area contributed by atoms with Gasteiger partial charge in [-0.25, -0.2) is 0 Å². The third-order valence-corrected chi connectivity index (χ3v) is 3.52.